The predicted molar refractivity (Wildman–Crippen MR) is 63.6 cm³/mol. The number of aromatic nitrogens is 2. The van der Waals surface area contributed by atoms with Crippen LogP contribution < -0.4 is 0 Å². The molecule has 1 aromatic rings. The van der Waals surface area contributed by atoms with Crippen LogP contribution in [-0.4, -0.2) is 40.8 Å². The lowest BCUT2D eigenvalue weighted by Crippen LogP contribution is -2.42. The van der Waals surface area contributed by atoms with Gasteiger partial charge in [0.1, 0.15) is 6.10 Å². The summed E-state index contributed by atoms with van der Waals surface area (Å²) in [5.74, 6) is 1.10. The van der Waals surface area contributed by atoms with E-state index in [1.165, 1.54) is 0 Å². The third-order valence-corrected chi connectivity index (χ3v) is 3.05. The summed E-state index contributed by atoms with van der Waals surface area (Å²) in [4.78, 5) is 6.62. The summed E-state index contributed by atoms with van der Waals surface area (Å²) in [6.07, 6.45) is 0.774. The fraction of sp³-hybridized carbons (Fsp3) is 0.750. The van der Waals surface area contributed by atoms with E-state index in [2.05, 4.69) is 35.0 Å². The van der Waals surface area contributed by atoms with E-state index < -0.39 is 0 Å². The summed E-state index contributed by atoms with van der Waals surface area (Å²) in [6, 6.07) is 2.55. The Kier molecular flexibility index (Phi) is 4.28. The summed E-state index contributed by atoms with van der Waals surface area (Å²) >= 11 is 0. The minimum atomic E-state index is -0.124. The molecule has 0 amide bonds. The molecule has 0 aromatic carbocycles. The van der Waals surface area contributed by atoms with E-state index in [4.69, 9.17) is 14.5 Å². The first-order valence-corrected chi connectivity index (χ1v) is 6.25. The second-order valence-corrected chi connectivity index (χ2v) is 4.65. The van der Waals surface area contributed by atoms with Crippen LogP contribution in [0.25, 0.3) is 0 Å². The van der Waals surface area contributed by atoms with E-state index in [0.717, 1.165) is 13.1 Å². The van der Waals surface area contributed by atoms with Crippen molar-refractivity contribution in [3.8, 4) is 6.07 Å². The molecule has 0 saturated carbocycles. The molecule has 0 spiro atoms. The summed E-state index contributed by atoms with van der Waals surface area (Å²) in [5, 5.41) is 12.4. The van der Waals surface area contributed by atoms with Crippen LogP contribution in [0.1, 0.15) is 38.1 Å². The van der Waals surface area contributed by atoms with Crippen LogP contribution >= 0.6 is 0 Å². The molecular weight excluding hydrogens is 232 g/mol. The van der Waals surface area contributed by atoms with Gasteiger partial charge in [-0.15, -0.1) is 0 Å². The monoisotopic (exact) mass is 250 g/mol. The van der Waals surface area contributed by atoms with Crippen LogP contribution in [0.15, 0.2) is 4.52 Å². The molecule has 0 aliphatic carbocycles. The molecule has 1 aliphatic rings. The Bertz CT molecular complexity index is 424. The number of nitriles is 1. The van der Waals surface area contributed by atoms with Gasteiger partial charge >= 0.3 is 0 Å². The van der Waals surface area contributed by atoms with Gasteiger partial charge in [-0.05, 0) is 13.8 Å². The Morgan fingerprint density at radius 1 is 1.56 bits per heavy atom. The molecule has 1 fully saturated rings. The van der Waals surface area contributed by atoms with Crippen LogP contribution in [0.5, 0.6) is 0 Å². The van der Waals surface area contributed by atoms with Crippen LogP contribution in [0, 0.1) is 11.3 Å². The van der Waals surface area contributed by atoms with E-state index in [1.54, 1.807) is 0 Å². The maximum Gasteiger partial charge on any atom is 0.227 e. The minimum Gasteiger partial charge on any atom is -0.367 e. The van der Waals surface area contributed by atoms with E-state index in [1.807, 2.05) is 0 Å². The molecule has 98 valence electrons. The first-order chi connectivity index (χ1) is 8.70. The Morgan fingerprint density at radius 2 is 2.39 bits per heavy atom. The van der Waals surface area contributed by atoms with Crippen molar-refractivity contribution < 1.29 is 9.26 Å². The molecule has 0 N–H and O–H groups in total. The highest BCUT2D eigenvalue weighted by atomic mass is 16.5. The molecule has 2 rings (SSSR count). The fourth-order valence-corrected chi connectivity index (χ4v) is 1.96. The molecule has 1 unspecified atom stereocenters. The third kappa shape index (κ3) is 3.06. The molecular formula is C12H18N4O2. The topological polar surface area (TPSA) is 75.2 Å². The van der Waals surface area contributed by atoms with Gasteiger partial charge in [0.25, 0.3) is 0 Å². The molecule has 1 aromatic heterocycles. The lowest BCUT2D eigenvalue weighted by atomic mass is 10.2. The first-order valence-electron chi connectivity index (χ1n) is 6.25. The Morgan fingerprint density at radius 3 is 3.11 bits per heavy atom. The van der Waals surface area contributed by atoms with Gasteiger partial charge in [-0.2, -0.15) is 10.2 Å². The molecule has 1 aliphatic heterocycles. The van der Waals surface area contributed by atoms with Crippen molar-refractivity contribution >= 4 is 0 Å². The molecule has 0 radical (unpaired) electrons. The van der Waals surface area contributed by atoms with Crippen LogP contribution in [-0.2, 0) is 11.2 Å². The molecule has 0 bridgehead atoms. The van der Waals surface area contributed by atoms with Gasteiger partial charge in [-0.25, -0.2) is 0 Å². The van der Waals surface area contributed by atoms with Crippen molar-refractivity contribution in [1.29, 1.82) is 5.26 Å². The van der Waals surface area contributed by atoms with Gasteiger partial charge in [0.15, 0.2) is 0 Å². The molecule has 2 heterocycles. The lowest BCUT2D eigenvalue weighted by molar-refractivity contribution is -0.0450. The van der Waals surface area contributed by atoms with E-state index in [0.29, 0.717) is 37.2 Å². The molecule has 1 atom stereocenters. The second kappa shape index (κ2) is 5.94. The fourth-order valence-electron chi connectivity index (χ4n) is 1.96. The quantitative estimate of drug-likeness (QED) is 0.802. The van der Waals surface area contributed by atoms with Crippen molar-refractivity contribution in [2.24, 2.45) is 0 Å². The number of rotatable bonds is 4. The number of hydrogen-bond donors (Lipinski definition) is 0. The zero-order valence-corrected chi connectivity index (χ0v) is 10.8. The third-order valence-electron chi connectivity index (χ3n) is 3.05. The highest BCUT2D eigenvalue weighted by molar-refractivity contribution is 4.95. The predicted octanol–water partition coefficient (Wildman–Crippen LogP) is 1.31. The van der Waals surface area contributed by atoms with Gasteiger partial charge in [-0.1, -0.05) is 5.16 Å². The van der Waals surface area contributed by atoms with Gasteiger partial charge in [0.2, 0.25) is 11.7 Å². The molecule has 6 nitrogen and oxygen atoms in total. The summed E-state index contributed by atoms with van der Waals surface area (Å²) in [5.41, 5.74) is 0. The van der Waals surface area contributed by atoms with Gasteiger partial charge in [0.05, 0.1) is 12.7 Å². The number of aryl methyl sites for hydroxylation is 1. The van der Waals surface area contributed by atoms with Crippen LogP contribution in [0.2, 0.25) is 0 Å². The van der Waals surface area contributed by atoms with Gasteiger partial charge in [-0.3, -0.25) is 4.90 Å². The van der Waals surface area contributed by atoms with E-state index in [9.17, 15) is 0 Å². The largest absolute Gasteiger partial charge is 0.367 e. The van der Waals surface area contributed by atoms with E-state index in [-0.39, 0.29) is 6.10 Å². The minimum absolute atomic E-state index is 0.124. The van der Waals surface area contributed by atoms with Crippen molar-refractivity contribution in [2.45, 2.75) is 38.8 Å². The maximum absolute atomic E-state index is 8.51. The number of nitrogens with zero attached hydrogens (tertiary/aromatic N) is 4. The Hall–Kier alpha value is -1.45. The van der Waals surface area contributed by atoms with Gasteiger partial charge in [0, 0.05) is 32.0 Å². The molecule has 18 heavy (non-hydrogen) atoms. The SMILES string of the molecule is CC(C)N1CCOC(c2noc(CCC#N)n2)C1. The number of morpholine rings is 1. The number of hydrogen-bond acceptors (Lipinski definition) is 6. The van der Waals surface area contributed by atoms with Crippen molar-refractivity contribution in [3.05, 3.63) is 11.7 Å². The highest BCUT2D eigenvalue weighted by Crippen LogP contribution is 2.21. The second-order valence-electron chi connectivity index (χ2n) is 4.65. The van der Waals surface area contributed by atoms with Crippen molar-refractivity contribution in [1.82, 2.24) is 15.0 Å². The summed E-state index contributed by atoms with van der Waals surface area (Å²) < 4.78 is 10.8. The van der Waals surface area contributed by atoms with Crippen LogP contribution in [0.3, 0.4) is 0 Å². The summed E-state index contributed by atoms with van der Waals surface area (Å²) in [6.45, 7) is 6.74. The van der Waals surface area contributed by atoms with E-state index >= 15 is 0 Å². The highest BCUT2D eigenvalue weighted by Gasteiger charge is 2.27. The summed E-state index contributed by atoms with van der Waals surface area (Å²) in [7, 11) is 0. The van der Waals surface area contributed by atoms with Crippen molar-refractivity contribution in [2.75, 3.05) is 19.7 Å². The average Bonchev–Trinajstić information content (AvgIpc) is 2.85. The Balaban J connectivity index is 1.98. The first kappa shape index (κ1) is 13.0. The Labute approximate surface area is 107 Å². The number of ether oxygens (including phenoxy) is 1. The maximum atomic E-state index is 8.51. The normalized spacial score (nSPS) is 21.1. The van der Waals surface area contributed by atoms with Crippen molar-refractivity contribution in [3.63, 3.8) is 0 Å². The molecule has 6 heteroatoms. The lowest BCUT2D eigenvalue weighted by Gasteiger charge is -2.34. The standard InChI is InChI=1S/C12H18N4O2/c1-9(2)16-6-7-17-10(8-16)12-14-11(18-15-12)4-3-5-13/h9-10H,3-4,6-8H2,1-2H3. The smallest absolute Gasteiger partial charge is 0.227 e. The average molecular weight is 250 g/mol. The van der Waals surface area contributed by atoms with Crippen LogP contribution in [0.4, 0.5) is 0 Å². The van der Waals surface area contributed by atoms with Gasteiger partial charge < -0.3 is 9.26 Å². The molecule has 1 saturated heterocycles. The zero-order valence-electron chi connectivity index (χ0n) is 10.8. The zero-order chi connectivity index (χ0) is 13.0.